The molecule has 0 fully saturated rings. The highest BCUT2D eigenvalue weighted by Gasteiger charge is 2.43. The number of unbranched alkanes of at least 4 members (excludes halogenated alkanes) is 1. The van der Waals surface area contributed by atoms with Gasteiger partial charge >= 0.3 is 0 Å². The lowest BCUT2D eigenvalue weighted by Gasteiger charge is -2.43. The summed E-state index contributed by atoms with van der Waals surface area (Å²) in [6.45, 7) is 2.05. The molecular formula is C20H28N14. The molecule has 2 rings (SSSR count). The predicted octanol–water partition coefficient (Wildman–Crippen LogP) is 6.59. The summed E-state index contributed by atoms with van der Waals surface area (Å²) in [5.41, 5.74) is 46.8. The van der Waals surface area contributed by atoms with Crippen molar-refractivity contribution in [1.29, 1.82) is 0 Å². The SMILES string of the molecule is CCCCC(CC1(N=[N+]=[N-])C=CC(N=[N+]=[N-])=CC1)C(N)(N)CC1(N=[N+]=[N-])C=CC(N=[N+]=[N-])=CC1. The number of nitrogens with zero attached hydrogens (tertiary/aromatic N) is 12. The molecule has 0 aromatic rings. The summed E-state index contributed by atoms with van der Waals surface area (Å²) in [6, 6.07) is 0. The molecule has 0 aromatic carbocycles. The molecule has 0 amide bonds. The van der Waals surface area contributed by atoms with Crippen LogP contribution in [0.1, 0.15) is 51.9 Å². The van der Waals surface area contributed by atoms with Crippen molar-refractivity contribution in [3.8, 4) is 0 Å². The van der Waals surface area contributed by atoms with Gasteiger partial charge in [0, 0.05) is 31.0 Å². The minimum absolute atomic E-state index is 0.130. The van der Waals surface area contributed by atoms with Crippen LogP contribution >= 0.6 is 0 Å². The van der Waals surface area contributed by atoms with E-state index in [0.717, 1.165) is 12.8 Å². The molecule has 14 nitrogen and oxygen atoms in total. The van der Waals surface area contributed by atoms with Crippen LogP contribution < -0.4 is 11.5 Å². The Morgan fingerprint density at radius 3 is 1.88 bits per heavy atom. The summed E-state index contributed by atoms with van der Waals surface area (Å²) in [4.78, 5) is 11.6. The van der Waals surface area contributed by atoms with Gasteiger partial charge in [-0.2, -0.15) is 0 Å². The first kappa shape index (κ1) is 26.4. The first-order valence-corrected chi connectivity index (χ1v) is 10.9. The van der Waals surface area contributed by atoms with E-state index in [1.165, 1.54) is 0 Å². The van der Waals surface area contributed by atoms with E-state index in [4.69, 9.17) is 22.5 Å². The molecule has 3 unspecified atom stereocenters. The zero-order valence-electron chi connectivity index (χ0n) is 19.0. The average molecular weight is 465 g/mol. The molecule has 2 aliphatic carbocycles. The Hall–Kier alpha value is -3.88. The van der Waals surface area contributed by atoms with Crippen molar-refractivity contribution in [1.82, 2.24) is 0 Å². The quantitative estimate of drug-likeness (QED) is 0.140. The molecule has 178 valence electrons. The topological polar surface area (TPSA) is 247 Å². The standard InChI is InChI=1S/C20H28N14/c1-2-3-4-15(13-18(29-33-25)9-5-16(6-10-18)27-31-23)20(21,22)14-19(30-34-26)11-7-17(8-12-19)28-32-24/h5-9,11,15H,2-4,10,12-14,21-22H2,1H3. The molecule has 34 heavy (non-hydrogen) atoms. The molecule has 4 N–H and O–H groups in total. The van der Waals surface area contributed by atoms with Crippen LogP contribution in [0.3, 0.4) is 0 Å². The van der Waals surface area contributed by atoms with Crippen molar-refractivity contribution in [2.75, 3.05) is 0 Å². The lowest BCUT2D eigenvalue weighted by Crippen LogP contribution is -2.60. The molecule has 0 bridgehead atoms. The van der Waals surface area contributed by atoms with Gasteiger partial charge in [0.15, 0.2) is 0 Å². The smallest absolute Gasteiger partial charge is 0.0736 e. The minimum Gasteiger partial charge on any atom is -0.313 e. The van der Waals surface area contributed by atoms with Crippen molar-refractivity contribution in [2.24, 2.45) is 37.8 Å². The highest BCUT2D eigenvalue weighted by atomic mass is 15.2. The Balaban J connectivity index is 2.36. The van der Waals surface area contributed by atoms with Gasteiger partial charge in [0.25, 0.3) is 0 Å². The van der Waals surface area contributed by atoms with Gasteiger partial charge in [-0.3, -0.25) is 0 Å². The lowest BCUT2D eigenvalue weighted by molar-refractivity contribution is 0.173. The van der Waals surface area contributed by atoms with Crippen molar-refractivity contribution in [3.63, 3.8) is 0 Å². The number of hydrogen-bond donors (Lipinski definition) is 2. The molecule has 0 saturated carbocycles. The summed E-state index contributed by atoms with van der Waals surface area (Å²) in [5.74, 6) is -0.293. The zero-order valence-corrected chi connectivity index (χ0v) is 19.0. The zero-order chi connectivity index (χ0) is 25.1. The van der Waals surface area contributed by atoms with Gasteiger partial charge in [0.05, 0.1) is 16.7 Å². The van der Waals surface area contributed by atoms with Gasteiger partial charge in [0.2, 0.25) is 0 Å². The fraction of sp³-hybridized carbons (Fsp3) is 0.600. The molecule has 0 saturated heterocycles. The molecule has 14 heteroatoms. The maximum atomic E-state index is 9.24. The third-order valence-electron chi connectivity index (χ3n) is 6.14. The molecule has 0 heterocycles. The van der Waals surface area contributed by atoms with Crippen LogP contribution in [-0.4, -0.2) is 16.7 Å². The summed E-state index contributed by atoms with van der Waals surface area (Å²) >= 11 is 0. The van der Waals surface area contributed by atoms with E-state index in [9.17, 15) is 11.1 Å². The third kappa shape index (κ3) is 6.81. The molecule has 3 atom stereocenters. The van der Waals surface area contributed by atoms with Gasteiger partial charge in [-0.25, -0.2) is 0 Å². The van der Waals surface area contributed by atoms with Gasteiger partial charge in [0.1, 0.15) is 0 Å². The minimum atomic E-state index is -1.28. The highest BCUT2D eigenvalue weighted by Crippen LogP contribution is 2.41. The van der Waals surface area contributed by atoms with Crippen molar-refractivity contribution >= 4 is 0 Å². The monoisotopic (exact) mass is 464 g/mol. The summed E-state index contributed by atoms with van der Waals surface area (Å²) in [7, 11) is 0. The second-order valence-corrected chi connectivity index (χ2v) is 8.63. The van der Waals surface area contributed by atoms with Crippen LogP contribution in [0.5, 0.6) is 0 Å². The van der Waals surface area contributed by atoms with E-state index in [1.54, 1.807) is 36.5 Å². The number of hydrogen-bond acceptors (Lipinski definition) is 6. The van der Waals surface area contributed by atoms with Gasteiger partial charge < -0.3 is 11.5 Å². The van der Waals surface area contributed by atoms with Gasteiger partial charge in [-0.15, -0.1) is 0 Å². The first-order chi connectivity index (χ1) is 16.3. The highest BCUT2D eigenvalue weighted by molar-refractivity contribution is 5.31. The van der Waals surface area contributed by atoms with Crippen LogP contribution in [-0.2, 0) is 0 Å². The maximum Gasteiger partial charge on any atom is 0.0736 e. The van der Waals surface area contributed by atoms with Crippen LogP contribution in [0.2, 0.25) is 0 Å². The fourth-order valence-corrected chi connectivity index (χ4v) is 4.37. The third-order valence-corrected chi connectivity index (χ3v) is 6.14. The van der Waals surface area contributed by atoms with Crippen molar-refractivity contribution in [2.45, 2.75) is 68.6 Å². The Morgan fingerprint density at radius 2 is 1.44 bits per heavy atom. The second-order valence-electron chi connectivity index (χ2n) is 8.63. The number of rotatable bonds is 12. The lowest BCUT2D eigenvalue weighted by atomic mass is 9.71. The molecule has 0 aliphatic heterocycles. The molecule has 0 radical (unpaired) electrons. The van der Waals surface area contributed by atoms with E-state index in [2.05, 4.69) is 47.0 Å². The Bertz CT molecular complexity index is 1070. The van der Waals surface area contributed by atoms with Crippen LogP contribution in [0, 0.1) is 5.92 Å². The molecule has 2 aliphatic rings. The van der Waals surface area contributed by atoms with E-state index in [0.29, 0.717) is 30.7 Å². The normalized spacial score (nSPS) is 24.3. The van der Waals surface area contributed by atoms with E-state index in [-0.39, 0.29) is 18.8 Å². The average Bonchev–Trinajstić information content (AvgIpc) is 2.80. The van der Waals surface area contributed by atoms with Crippen LogP contribution in [0.25, 0.3) is 41.8 Å². The first-order valence-electron chi connectivity index (χ1n) is 10.9. The van der Waals surface area contributed by atoms with E-state index < -0.39 is 16.7 Å². The molecule has 0 aromatic heterocycles. The largest absolute Gasteiger partial charge is 0.313 e. The maximum absolute atomic E-state index is 9.24. The number of azide groups is 4. The van der Waals surface area contributed by atoms with Crippen molar-refractivity contribution < 1.29 is 0 Å². The van der Waals surface area contributed by atoms with E-state index in [1.807, 2.05) is 0 Å². The summed E-state index contributed by atoms with van der Waals surface area (Å²) < 4.78 is 0. The second kappa shape index (κ2) is 11.8. The molecular weight excluding hydrogens is 436 g/mol. The van der Waals surface area contributed by atoms with E-state index >= 15 is 0 Å². The van der Waals surface area contributed by atoms with Gasteiger partial charge in [-0.05, 0) is 60.1 Å². The number of allylic oxidation sites excluding steroid dienone is 2. The Morgan fingerprint density at radius 1 is 0.912 bits per heavy atom. The summed E-state index contributed by atoms with van der Waals surface area (Å²) in [5, 5.41) is 15.2. The predicted molar refractivity (Wildman–Crippen MR) is 129 cm³/mol. The Labute approximate surface area is 196 Å². The van der Waals surface area contributed by atoms with Gasteiger partial charge in [-0.1, -0.05) is 76.7 Å². The van der Waals surface area contributed by atoms with Crippen molar-refractivity contribution in [3.05, 3.63) is 89.6 Å². The summed E-state index contributed by atoms with van der Waals surface area (Å²) in [6.07, 6.45) is 13.5. The number of nitrogens with two attached hydrogens (primary N) is 2. The molecule has 0 spiro atoms. The Kier molecular flexibility index (Phi) is 9.18. The van der Waals surface area contributed by atoms with Crippen LogP contribution in [0.4, 0.5) is 0 Å². The van der Waals surface area contributed by atoms with Crippen LogP contribution in [0.15, 0.2) is 68.3 Å². The fourth-order valence-electron chi connectivity index (χ4n) is 4.37.